The van der Waals surface area contributed by atoms with Gasteiger partial charge in [-0.15, -0.1) is 0 Å². The summed E-state index contributed by atoms with van der Waals surface area (Å²) in [5.41, 5.74) is -0.169. The highest BCUT2D eigenvalue weighted by atomic mass is 32.2. The van der Waals surface area contributed by atoms with Crippen LogP contribution in [0.3, 0.4) is 0 Å². The van der Waals surface area contributed by atoms with Crippen molar-refractivity contribution >= 4 is 33.4 Å². The minimum atomic E-state index is -3.13. The summed E-state index contributed by atoms with van der Waals surface area (Å²) in [6.45, 7) is 4.93. The van der Waals surface area contributed by atoms with Gasteiger partial charge in [0.2, 0.25) is 11.5 Å². The number of nitrogens with one attached hydrogen (secondary N) is 2. The third kappa shape index (κ3) is 5.26. The van der Waals surface area contributed by atoms with E-state index in [4.69, 9.17) is 0 Å². The van der Waals surface area contributed by atoms with Gasteiger partial charge in [-0.3, -0.25) is 9.59 Å². The monoisotopic (exact) mass is 506 g/mol. The summed E-state index contributed by atoms with van der Waals surface area (Å²) in [6, 6.07) is 0.0243. The zero-order valence-electron chi connectivity index (χ0n) is 20.2. The van der Waals surface area contributed by atoms with Crippen molar-refractivity contribution < 1.29 is 27.7 Å². The summed E-state index contributed by atoms with van der Waals surface area (Å²) >= 11 is 0. The number of nitrogens with zero attached hydrogens (tertiary/aromatic N) is 3. The van der Waals surface area contributed by atoms with Gasteiger partial charge >= 0.3 is 17.1 Å². The molecule has 0 unspecified atom stereocenters. The van der Waals surface area contributed by atoms with Crippen molar-refractivity contribution in [1.82, 2.24) is 19.8 Å². The number of fused-ring (bicyclic) bond motifs is 1. The third-order valence-electron chi connectivity index (χ3n) is 6.42. The highest BCUT2D eigenvalue weighted by Crippen LogP contribution is 2.21. The van der Waals surface area contributed by atoms with Crippen molar-refractivity contribution in [3.63, 3.8) is 0 Å². The Kier molecular flexibility index (Phi) is 6.76. The normalized spacial score (nSPS) is 17.5. The molecule has 0 atom stereocenters. The van der Waals surface area contributed by atoms with Crippen LogP contribution in [0.25, 0.3) is 11.7 Å². The van der Waals surface area contributed by atoms with E-state index in [1.54, 1.807) is 11.0 Å². The molecule has 2 amide bonds. The Balaban J connectivity index is 1.64. The largest absolute Gasteiger partial charge is 0.477 e. The number of hydrogen-bond acceptors (Lipinski definition) is 6. The molecule has 2 aliphatic rings. The number of sulfone groups is 1. The van der Waals surface area contributed by atoms with Crippen LogP contribution in [0, 0.1) is 5.92 Å². The maximum Gasteiger partial charge on any atom is 0.378 e. The third-order valence-corrected chi connectivity index (χ3v) is 8.11. The topological polar surface area (TPSA) is 145 Å². The number of likely N-dealkylation sites (tertiary alicyclic amines) is 1. The molecule has 4 rings (SSSR count). The van der Waals surface area contributed by atoms with E-state index in [-0.39, 0.29) is 23.4 Å². The van der Waals surface area contributed by atoms with E-state index in [0.29, 0.717) is 43.7 Å². The first-order valence-corrected chi connectivity index (χ1v) is 13.8. The summed E-state index contributed by atoms with van der Waals surface area (Å²) in [5.74, 6) is -1.19. The Morgan fingerprint density at radius 1 is 1.26 bits per heavy atom. The first-order chi connectivity index (χ1) is 16.5. The molecule has 0 bridgehead atoms. The van der Waals surface area contributed by atoms with Crippen molar-refractivity contribution in [3.05, 3.63) is 33.8 Å². The molecule has 3 heterocycles. The van der Waals surface area contributed by atoms with Crippen LogP contribution in [0.15, 0.2) is 17.1 Å². The van der Waals surface area contributed by atoms with Crippen molar-refractivity contribution in [2.75, 3.05) is 19.3 Å². The highest BCUT2D eigenvalue weighted by molar-refractivity contribution is 7.91. The predicted octanol–water partition coefficient (Wildman–Crippen LogP) is 0.218. The molecule has 2 aromatic rings. The predicted molar refractivity (Wildman–Crippen MR) is 129 cm³/mol. The van der Waals surface area contributed by atoms with Crippen LogP contribution in [0.5, 0.6) is 5.88 Å². The summed E-state index contributed by atoms with van der Waals surface area (Å²) in [6.07, 6.45) is 8.17. The first kappa shape index (κ1) is 25.0. The van der Waals surface area contributed by atoms with Gasteiger partial charge in [0, 0.05) is 31.5 Å². The van der Waals surface area contributed by atoms with Gasteiger partial charge in [-0.2, -0.15) is 4.57 Å². The molecule has 2 fully saturated rings. The second-order valence-electron chi connectivity index (χ2n) is 9.83. The Morgan fingerprint density at radius 2 is 1.91 bits per heavy atom. The lowest BCUT2D eigenvalue weighted by Crippen LogP contribution is -2.46. The molecule has 11 nitrogen and oxygen atoms in total. The molecule has 0 spiro atoms. The van der Waals surface area contributed by atoms with Gasteiger partial charge in [0.05, 0.1) is 23.6 Å². The Bertz CT molecular complexity index is 1340. The van der Waals surface area contributed by atoms with Crippen LogP contribution in [0.1, 0.15) is 55.5 Å². The summed E-state index contributed by atoms with van der Waals surface area (Å²) in [7, 11) is -3.13. The maximum atomic E-state index is 13.1. The SMILES string of the molecule is CC(C)C[n+]1c(O)c(C(=O)NC2CC2)c(=O)n2[nH]cc(/C=C/C(=O)N3CCC(S(C)(=O)=O)CC3)c21. The number of aromatic amines is 1. The molecule has 1 aliphatic carbocycles. The van der Waals surface area contributed by atoms with E-state index < -0.39 is 32.4 Å². The number of carbonyl (C=O) groups excluding carboxylic acids is 2. The first-order valence-electron chi connectivity index (χ1n) is 11.8. The summed E-state index contributed by atoms with van der Waals surface area (Å²) < 4.78 is 26.2. The molecule has 1 aliphatic heterocycles. The second kappa shape index (κ2) is 9.48. The zero-order chi connectivity index (χ0) is 25.5. The molecule has 3 N–H and O–H groups in total. The van der Waals surface area contributed by atoms with Crippen LogP contribution < -0.4 is 15.4 Å². The van der Waals surface area contributed by atoms with Crippen molar-refractivity contribution in [3.8, 4) is 5.88 Å². The zero-order valence-corrected chi connectivity index (χ0v) is 21.0. The van der Waals surface area contributed by atoms with Gasteiger partial charge in [0.1, 0.15) is 9.84 Å². The highest BCUT2D eigenvalue weighted by Gasteiger charge is 2.34. The van der Waals surface area contributed by atoms with Gasteiger partial charge in [-0.1, -0.05) is 18.4 Å². The number of amides is 2. The average molecular weight is 507 g/mol. The Morgan fingerprint density at radius 3 is 2.49 bits per heavy atom. The van der Waals surface area contributed by atoms with Gasteiger partial charge < -0.3 is 15.3 Å². The molecule has 0 aromatic carbocycles. The molecule has 1 saturated heterocycles. The molecule has 0 radical (unpaired) electrons. The second-order valence-corrected chi connectivity index (χ2v) is 12.2. The molecule has 190 valence electrons. The van der Waals surface area contributed by atoms with Crippen molar-refractivity contribution in [2.45, 2.75) is 57.4 Å². The van der Waals surface area contributed by atoms with E-state index in [9.17, 15) is 27.9 Å². The number of aromatic hydroxyl groups is 1. The van der Waals surface area contributed by atoms with Crippen LogP contribution in [0.2, 0.25) is 0 Å². The average Bonchev–Trinajstić information content (AvgIpc) is 3.49. The smallest absolute Gasteiger partial charge is 0.378 e. The lowest BCUT2D eigenvalue weighted by molar-refractivity contribution is -0.686. The fourth-order valence-corrected chi connectivity index (χ4v) is 5.45. The minimum absolute atomic E-state index is 0.0243. The van der Waals surface area contributed by atoms with Crippen molar-refractivity contribution in [2.24, 2.45) is 5.92 Å². The fraction of sp³-hybridized carbons (Fsp3) is 0.565. The Hall–Kier alpha value is -3.15. The standard InChI is InChI=1S/C23H31N5O6S/c1-14(2)13-27-21-15(4-7-18(29)26-10-8-17(9-11-26)35(3,33)34)12-24-28(21)23(32)19(22(27)31)20(30)25-16-5-6-16/h4,7,12,14,16-17H,5-6,8-11,13H2,1-3H3,(H2,25,30,31,32)/p+1/b7-4+. The van der Waals surface area contributed by atoms with Crippen molar-refractivity contribution in [1.29, 1.82) is 0 Å². The van der Waals surface area contributed by atoms with Crippen LogP contribution in [-0.2, 0) is 21.2 Å². The van der Waals surface area contributed by atoms with Crippen LogP contribution >= 0.6 is 0 Å². The number of carbonyl (C=O) groups is 2. The van der Waals surface area contributed by atoms with Crippen LogP contribution in [-0.4, -0.2) is 70.5 Å². The lowest BCUT2D eigenvalue weighted by atomic mass is 10.1. The number of H-pyrrole nitrogens is 1. The summed E-state index contributed by atoms with van der Waals surface area (Å²) in [4.78, 5) is 40.1. The molecule has 1 saturated carbocycles. The number of aromatic nitrogens is 3. The minimum Gasteiger partial charge on any atom is -0.477 e. The van der Waals surface area contributed by atoms with E-state index in [1.807, 2.05) is 13.8 Å². The number of hydrogen-bond donors (Lipinski definition) is 3. The van der Waals surface area contributed by atoms with Gasteiger partial charge in [0.25, 0.3) is 5.91 Å². The van der Waals surface area contributed by atoms with Gasteiger partial charge in [0.15, 0.2) is 0 Å². The maximum absolute atomic E-state index is 13.1. The molecule has 35 heavy (non-hydrogen) atoms. The van der Waals surface area contributed by atoms with Gasteiger partial charge in [-0.25, -0.2) is 18.3 Å². The molecule has 12 heteroatoms. The van der Waals surface area contributed by atoms with E-state index in [2.05, 4.69) is 10.4 Å². The Labute approximate surface area is 203 Å². The summed E-state index contributed by atoms with van der Waals surface area (Å²) in [5, 5.41) is 16.1. The lowest BCUT2D eigenvalue weighted by Gasteiger charge is -2.30. The molecular formula is C23H32N5O6S+. The van der Waals surface area contributed by atoms with Gasteiger partial charge in [-0.05, 0) is 37.7 Å². The van der Waals surface area contributed by atoms with E-state index in [1.165, 1.54) is 27.6 Å². The fourth-order valence-electron chi connectivity index (χ4n) is 4.38. The molecular weight excluding hydrogens is 474 g/mol. The molecule has 2 aromatic heterocycles. The van der Waals surface area contributed by atoms with E-state index >= 15 is 0 Å². The van der Waals surface area contributed by atoms with Crippen LogP contribution in [0.4, 0.5) is 0 Å². The van der Waals surface area contributed by atoms with E-state index in [0.717, 1.165) is 12.8 Å². The number of piperidine rings is 1. The number of rotatable bonds is 7. The quantitative estimate of drug-likeness (QED) is 0.362.